The lowest BCUT2D eigenvalue weighted by atomic mass is 9.70. The van der Waals surface area contributed by atoms with Gasteiger partial charge in [0, 0.05) is 12.8 Å². The maximum absolute atomic E-state index is 12.7. The summed E-state index contributed by atoms with van der Waals surface area (Å²) in [5, 5.41) is 28.6. The monoisotopic (exact) mass is 424 g/mol. The predicted molar refractivity (Wildman–Crippen MR) is 104 cm³/mol. The highest BCUT2D eigenvalue weighted by Crippen LogP contribution is 2.41. The molecule has 0 saturated carbocycles. The Morgan fingerprint density at radius 3 is 2.47 bits per heavy atom. The van der Waals surface area contributed by atoms with Crippen LogP contribution in [-0.4, -0.2) is 58.1 Å². The van der Waals surface area contributed by atoms with Crippen LogP contribution in [0.15, 0.2) is 34.3 Å². The summed E-state index contributed by atoms with van der Waals surface area (Å²) in [5.74, 6) is -4.02. The number of hydrogen-bond donors (Lipinski definition) is 3. The van der Waals surface area contributed by atoms with Crippen LogP contribution >= 0.6 is 0 Å². The van der Waals surface area contributed by atoms with E-state index >= 15 is 0 Å². The number of rotatable bonds is 7. The van der Waals surface area contributed by atoms with Gasteiger partial charge in [-0.1, -0.05) is 25.5 Å². The lowest BCUT2D eigenvalue weighted by molar-refractivity contribution is -0.191. The summed E-state index contributed by atoms with van der Waals surface area (Å²) >= 11 is 0. The molecule has 166 valence electrons. The first kappa shape index (κ1) is 23.6. The molecule has 0 fully saturated rings. The number of hydrogen-bond acceptors (Lipinski definition) is 9. The SMILES string of the molecule is CC(C)=CC1=C(C)C(=O)C(OC(=O)C(O)OCCC2OC(=O)C(O)=C2O)CC1(C)C. The number of aliphatic hydroxyl groups is 3. The van der Waals surface area contributed by atoms with E-state index in [1.807, 2.05) is 33.8 Å². The predicted octanol–water partition coefficient (Wildman–Crippen LogP) is 2.16. The van der Waals surface area contributed by atoms with Crippen LogP contribution in [0.4, 0.5) is 0 Å². The third-order valence-electron chi connectivity index (χ3n) is 5.03. The Labute approximate surface area is 174 Å². The van der Waals surface area contributed by atoms with E-state index in [1.54, 1.807) is 6.92 Å². The topological polar surface area (TPSA) is 140 Å². The number of esters is 2. The van der Waals surface area contributed by atoms with Gasteiger partial charge in [-0.25, -0.2) is 9.59 Å². The van der Waals surface area contributed by atoms with E-state index in [-0.39, 0.29) is 25.2 Å². The van der Waals surface area contributed by atoms with Crippen molar-refractivity contribution in [1.29, 1.82) is 0 Å². The number of allylic oxidation sites excluding steroid dienone is 3. The second-order valence-electron chi connectivity index (χ2n) is 8.28. The zero-order chi connectivity index (χ0) is 22.8. The van der Waals surface area contributed by atoms with E-state index in [1.165, 1.54) is 0 Å². The lowest BCUT2D eigenvalue weighted by Gasteiger charge is -2.36. The average Bonchev–Trinajstić information content (AvgIpc) is 2.89. The van der Waals surface area contributed by atoms with Gasteiger partial charge < -0.3 is 29.5 Å². The molecule has 0 aromatic heterocycles. The van der Waals surface area contributed by atoms with Crippen LogP contribution in [0.5, 0.6) is 0 Å². The van der Waals surface area contributed by atoms with Crippen molar-refractivity contribution >= 4 is 17.7 Å². The highest BCUT2D eigenvalue weighted by molar-refractivity contribution is 6.01. The highest BCUT2D eigenvalue weighted by Gasteiger charge is 2.41. The third-order valence-corrected chi connectivity index (χ3v) is 5.03. The molecule has 3 N–H and O–H groups in total. The number of ketones is 1. The van der Waals surface area contributed by atoms with Crippen LogP contribution in [0.2, 0.25) is 0 Å². The zero-order valence-electron chi connectivity index (χ0n) is 17.7. The minimum Gasteiger partial charge on any atom is -0.505 e. The number of carbonyl (C=O) groups is 3. The average molecular weight is 424 g/mol. The molecular formula is C21H28O9. The van der Waals surface area contributed by atoms with Crippen molar-refractivity contribution in [3.8, 4) is 0 Å². The Balaban J connectivity index is 1.94. The summed E-state index contributed by atoms with van der Waals surface area (Å²) in [6.45, 7) is 9.17. The maximum atomic E-state index is 12.7. The largest absolute Gasteiger partial charge is 0.505 e. The minimum absolute atomic E-state index is 0.102. The molecule has 0 radical (unpaired) electrons. The van der Waals surface area contributed by atoms with Gasteiger partial charge in [-0.3, -0.25) is 4.79 Å². The van der Waals surface area contributed by atoms with E-state index < -0.39 is 47.4 Å². The molecule has 9 nitrogen and oxygen atoms in total. The van der Waals surface area contributed by atoms with Gasteiger partial charge in [-0.2, -0.15) is 0 Å². The van der Waals surface area contributed by atoms with E-state index in [0.29, 0.717) is 5.57 Å². The van der Waals surface area contributed by atoms with Crippen molar-refractivity contribution in [2.75, 3.05) is 6.61 Å². The molecule has 3 atom stereocenters. The standard InChI is InChI=1S/C21H28O9/c1-10(2)8-12-11(3)15(22)14(9-21(12,4)5)30-20(27)19(26)28-7-6-13-16(23)17(24)18(25)29-13/h8,13-14,19,23-24,26H,6-7,9H2,1-5H3. The second-order valence-corrected chi connectivity index (χ2v) is 8.28. The van der Waals surface area contributed by atoms with Crippen molar-refractivity contribution in [2.45, 2.75) is 66.0 Å². The van der Waals surface area contributed by atoms with Gasteiger partial charge in [0.05, 0.1) is 6.61 Å². The van der Waals surface area contributed by atoms with Crippen molar-refractivity contribution in [3.63, 3.8) is 0 Å². The van der Waals surface area contributed by atoms with Crippen LogP contribution in [0.3, 0.4) is 0 Å². The molecule has 1 aliphatic carbocycles. The summed E-state index contributed by atoms with van der Waals surface area (Å²) in [5.41, 5.74) is 2.03. The van der Waals surface area contributed by atoms with Crippen molar-refractivity contribution < 1.29 is 43.9 Å². The van der Waals surface area contributed by atoms with Gasteiger partial charge in [0.1, 0.15) is 0 Å². The van der Waals surface area contributed by atoms with Gasteiger partial charge in [0.15, 0.2) is 23.8 Å². The normalized spacial score (nSPS) is 24.6. The van der Waals surface area contributed by atoms with Crippen molar-refractivity contribution in [2.24, 2.45) is 5.41 Å². The second kappa shape index (κ2) is 9.01. The summed E-state index contributed by atoms with van der Waals surface area (Å²) in [6.07, 6.45) is -2.02. The number of cyclic esters (lactones) is 1. The third kappa shape index (κ3) is 5.09. The molecule has 9 heteroatoms. The first-order chi connectivity index (χ1) is 13.8. The van der Waals surface area contributed by atoms with Crippen LogP contribution in [0.25, 0.3) is 0 Å². The van der Waals surface area contributed by atoms with Gasteiger partial charge >= 0.3 is 11.9 Å². The molecule has 2 rings (SSSR count). The zero-order valence-corrected chi connectivity index (χ0v) is 17.7. The quantitative estimate of drug-likeness (QED) is 0.414. The maximum Gasteiger partial charge on any atom is 0.377 e. The highest BCUT2D eigenvalue weighted by atomic mass is 16.7. The molecule has 0 amide bonds. The number of aliphatic hydroxyl groups excluding tert-OH is 3. The van der Waals surface area contributed by atoms with Gasteiger partial charge in [0.2, 0.25) is 5.76 Å². The van der Waals surface area contributed by atoms with Crippen LogP contribution in [-0.2, 0) is 28.6 Å². The lowest BCUT2D eigenvalue weighted by Crippen LogP contribution is -2.41. The smallest absolute Gasteiger partial charge is 0.377 e. The Morgan fingerprint density at radius 2 is 1.93 bits per heavy atom. The minimum atomic E-state index is -1.96. The number of carbonyl (C=O) groups excluding carboxylic acids is 3. The van der Waals surface area contributed by atoms with Crippen LogP contribution in [0, 0.1) is 5.41 Å². The summed E-state index contributed by atoms with van der Waals surface area (Å²) in [4.78, 5) is 35.9. The van der Waals surface area contributed by atoms with Gasteiger partial charge in [0.25, 0.3) is 6.29 Å². The summed E-state index contributed by atoms with van der Waals surface area (Å²) in [7, 11) is 0. The number of ether oxygens (including phenoxy) is 3. The molecule has 0 aromatic carbocycles. The van der Waals surface area contributed by atoms with Gasteiger partial charge in [-0.05, 0) is 37.3 Å². The molecule has 30 heavy (non-hydrogen) atoms. The van der Waals surface area contributed by atoms with E-state index in [4.69, 9.17) is 14.2 Å². The molecule has 3 unspecified atom stereocenters. The van der Waals surface area contributed by atoms with Crippen molar-refractivity contribution in [1.82, 2.24) is 0 Å². The van der Waals surface area contributed by atoms with E-state index in [2.05, 4.69) is 0 Å². The summed E-state index contributed by atoms with van der Waals surface area (Å²) in [6, 6.07) is 0. The summed E-state index contributed by atoms with van der Waals surface area (Å²) < 4.78 is 14.8. The van der Waals surface area contributed by atoms with E-state index in [9.17, 15) is 29.7 Å². The van der Waals surface area contributed by atoms with Crippen LogP contribution in [0.1, 0.15) is 47.5 Å². The first-order valence-electron chi connectivity index (χ1n) is 9.59. The molecule has 0 saturated heterocycles. The molecular weight excluding hydrogens is 396 g/mol. The molecule has 1 heterocycles. The Morgan fingerprint density at radius 1 is 1.30 bits per heavy atom. The molecule has 0 bridgehead atoms. The van der Waals surface area contributed by atoms with E-state index in [0.717, 1.165) is 11.1 Å². The Bertz CT molecular complexity index is 827. The van der Waals surface area contributed by atoms with Crippen LogP contribution < -0.4 is 0 Å². The first-order valence-corrected chi connectivity index (χ1v) is 9.59. The Kier molecular flexibility index (Phi) is 7.10. The fourth-order valence-electron chi connectivity index (χ4n) is 3.48. The fraction of sp³-hybridized carbons (Fsp3) is 0.571. The van der Waals surface area contributed by atoms with Gasteiger partial charge in [-0.15, -0.1) is 0 Å². The molecule has 2 aliphatic rings. The number of Topliss-reactive ketones (excluding diaryl/α,β-unsaturated/α-hetero) is 1. The molecule has 0 aromatic rings. The fourth-order valence-corrected chi connectivity index (χ4v) is 3.48. The molecule has 0 spiro atoms. The molecule has 1 aliphatic heterocycles. The Hall–Kier alpha value is -2.65. The van der Waals surface area contributed by atoms with Crippen molar-refractivity contribution in [3.05, 3.63) is 34.3 Å².